The summed E-state index contributed by atoms with van der Waals surface area (Å²) in [6.07, 6.45) is 0. The van der Waals surface area contributed by atoms with Crippen LogP contribution in [-0.2, 0) is 20.7 Å². The number of nitrogens with zero attached hydrogens (tertiary/aromatic N) is 3. The molecule has 1 rings (SSSR count). The molecule has 1 fully saturated rings. The van der Waals surface area contributed by atoms with Crippen LogP contribution in [0.3, 0.4) is 0 Å². The van der Waals surface area contributed by atoms with Crippen LogP contribution < -0.4 is 37.2 Å². The van der Waals surface area contributed by atoms with Gasteiger partial charge in [-0.25, -0.2) is 0 Å². The molecule has 0 N–H and O–H groups in total. The van der Waals surface area contributed by atoms with Crippen LogP contribution in [0.5, 0.6) is 0 Å². The molecule has 0 aromatic carbocycles. The van der Waals surface area contributed by atoms with Crippen molar-refractivity contribution in [2.75, 3.05) is 33.7 Å². The maximum Gasteiger partial charge on any atom is -1.00 e. The summed E-state index contributed by atoms with van der Waals surface area (Å²) in [6.45, 7) is 10.5. The normalized spacial score (nSPS) is 32.1. The Balaban J connectivity index is -0.000000750. The number of halogens is 3. The first-order chi connectivity index (χ1) is 6.91. The van der Waals surface area contributed by atoms with E-state index in [9.17, 15) is 0 Å². The molecule has 1 saturated heterocycles. The zero-order valence-corrected chi connectivity index (χ0v) is 15.7. The Bertz CT molecular complexity index is 161. The number of rotatable bonds is 0. The van der Waals surface area contributed by atoms with Gasteiger partial charge >= 0.3 is 106 Å². The summed E-state index contributed by atoms with van der Waals surface area (Å²) in [6, 6.07) is 1.93. The molecule has 18 heavy (non-hydrogen) atoms. The quantitative estimate of drug-likeness (QED) is 0.401. The van der Waals surface area contributed by atoms with Crippen molar-refractivity contribution in [2.24, 2.45) is 0 Å². The van der Waals surface area contributed by atoms with Gasteiger partial charge in [0.05, 0.1) is 0 Å². The molecule has 1 aliphatic rings. The molecule has 1 aliphatic heterocycles. The first kappa shape index (κ1) is 24.5. The van der Waals surface area contributed by atoms with Crippen molar-refractivity contribution in [3.8, 4) is 0 Å². The Morgan fingerprint density at radius 2 is 1.06 bits per heavy atom. The van der Waals surface area contributed by atoms with Crippen LogP contribution in [0.2, 0.25) is 0 Å². The minimum Gasteiger partial charge on any atom is -1.00 e. The Kier molecular flexibility index (Phi) is 15.2. The van der Waals surface area contributed by atoms with Gasteiger partial charge < -0.3 is 37.2 Å². The van der Waals surface area contributed by atoms with E-state index in [4.69, 9.17) is 0 Å². The molecule has 3 atom stereocenters. The molecule has 0 spiro atoms. The van der Waals surface area contributed by atoms with Crippen molar-refractivity contribution in [3.63, 3.8) is 0 Å². The molecule has 0 saturated carbocycles. The van der Waals surface area contributed by atoms with E-state index in [1.165, 1.54) is 0 Å². The van der Waals surface area contributed by atoms with Gasteiger partial charge in [-0.1, -0.05) is 0 Å². The summed E-state index contributed by atoms with van der Waals surface area (Å²) in [5, 5.41) is 0. The van der Waals surface area contributed by atoms with Crippen LogP contribution in [0.1, 0.15) is 20.8 Å². The molecule has 3 nitrogen and oxygen atoms in total. The van der Waals surface area contributed by atoms with Crippen LogP contribution in [0.4, 0.5) is 0 Å². The maximum absolute atomic E-state index is 2.47. The minimum atomic E-state index is 0. The van der Waals surface area contributed by atoms with Gasteiger partial charge in [0.2, 0.25) is 0 Å². The fourth-order valence-corrected chi connectivity index (χ4v) is 2.58. The Labute approximate surface area is 143 Å². The molecular formula is C11H24Cl3N3Ti. The second-order valence-corrected chi connectivity index (χ2v) is 5.98. The SMILES string of the molecule is CC1C[N]([Ti+3])C(C)CN(C)C(C)CN1C.[Cl-].[Cl-].[Cl-]. The van der Waals surface area contributed by atoms with Crippen LogP contribution in [0.15, 0.2) is 0 Å². The van der Waals surface area contributed by atoms with Crippen molar-refractivity contribution in [2.45, 2.75) is 38.9 Å². The van der Waals surface area contributed by atoms with E-state index in [1.807, 2.05) is 0 Å². The molecule has 108 valence electrons. The van der Waals surface area contributed by atoms with E-state index in [-0.39, 0.29) is 37.2 Å². The summed E-state index contributed by atoms with van der Waals surface area (Å²) in [4.78, 5) is 4.94. The Hall–Kier alpha value is 1.46. The van der Waals surface area contributed by atoms with E-state index in [0.717, 1.165) is 19.6 Å². The van der Waals surface area contributed by atoms with E-state index >= 15 is 0 Å². The monoisotopic (exact) mass is 351 g/mol. The van der Waals surface area contributed by atoms with E-state index in [1.54, 1.807) is 0 Å². The van der Waals surface area contributed by atoms with Gasteiger partial charge in [-0.2, -0.15) is 0 Å². The molecule has 1 heterocycles. The average Bonchev–Trinajstić information content (AvgIpc) is 2.17. The van der Waals surface area contributed by atoms with Gasteiger partial charge in [0.1, 0.15) is 0 Å². The fraction of sp³-hybridized carbons (Fsp3) is 1.00. The Morgan fingerprint density at radius 1 is 0.722 bits per heavy atom. The molecule has 0 aromatic heterocycles. The third-order valence-corrected chi connectivity index (χ3v) is 4.58. The molecular weight excluding hydrogens is 328 g/mol. The minimum absolute atomic E-state index is 0. The van der Waals surface area contributed by atoms with Gasteiger partial charge in [-0.15, -0.1) is 0 Å². The molecule has 0 bridgehead atoms. The van der Waals surface area contributed by atoms with Crippen LogP contribution in [0.25, 0.3) is 0 Å². The smallest absolute Gasteiger partial charge is 1.00 e. The first-order valence-electron chi connectivity index (χ1n) is 5.80. The summed E-state index contributed by atoms with van der Waals surface area (Å²) in [5.41, 5.74) is 0. The summed E-state index contributed by atoms with van der Waals surface area (Å²) < 4.78 is 2.47. The van der Waals surface area contributed by atoms with Crippen molar-refractivity contribution < 1.29 is 57.9 Å². The van der Waals surface area contributed by atoms with Crippen LogP contribution >= 0.6 is 0 Å². The van der Waals surface area contributed by atoms with Crippen molar-refractivity contribution in [1.82, 2.24) is 13.2 Å². The van der Waals surface area contributed by atoms with Crippen molar-refractivity contribution in [1.29, 1.82) is 0 Å². The van der Waals surface area contributed by atoms with E-state index < -0.39 is 0 Å². The van der Waals surface area contributed by atoms with Gasteiger partial charge in [-0.3, -0.25) is 0 Å². The van der Waals surface area contributed by atoms with Crippen LogP contribution in [-0.4, -0.2) is 65.0 Å². The zero-order chi connectivity index (χ0) is 11.6. The summed E-state index contributed by atoms with van der Waals surface area (Å²) in [7, 11) is 4.47. The van der Waals surface area contributed by atoms with Gasteiger partial charge in [0.25, 0.3) is 0 Å². The third kappa shape index (κ3) is 7.30. The van der Waals surface area contributed by atoms with Gasteiger partial charge in [0.15, 0.2) is 0 Å². The molecule has 0 amide bonds. The number of likely N-dealkylation sites (N-methyl/N-ethyl adjacent to an activating group) is 2. The molecule has 0 aromatic rings. The predicted molar refractivity (Wildman–Crippen MR) is 60.4 cm³/mol. The molecule has 3 unspecified atom stereocenters. The van der Waals surface area contributed by atoms with Gasteiger partial charge in [0, 0.05) is 0 Å². The number of hydrogen-bond donors (Lipinski definition) is 0. The summed E-state index contributed by atoms with van der Waals surface area (Å²) in [5.74, 6) is 0. The average molecular weight is 353 g/mol. The van der Waals surface area contributed by atoms with Gasteiger partial charge in [-0.05, 0) is 0 Å². The first-order valence-corrected chi connectivity index (χ1v) is 6.50. The van der Waals surface area contributed by atoms with Crippen molar-refractivity contribution in [3.05, 3.63) is 0 Å². The second-order valence-electron chi connectivity index (χ2n) is 5.08. The third-order valence-electron chi connectivity index (χ3n) is 3.60. The second kappa shape index (κ2) is 11.2. The Morgan fingerprint density at radius 3 is 1.50 bits per heavy atom. The fourth-order valence-electron chi connectivity index (χ4n) is 2.04. The maximum atomic E-state index is 2.47. The van der Waals surface area contributed by atoms with E-state index in [2.05, 4.69) is 68.7 Å². The molecule has 0 aliphatic carbocycles. The zero-order valence-electron chi connectivity index (χ0n) is 11.8. The topological polar surface area (TPSA) is 9.72 Å². The summed E-state index contributed by atoms with van der Waals surface area (Å²) >= 11 is 2.23. The predicted octanol–water partition coefficient (Wildman–Crippen LogP) is -8.20. The molecule has 7 heteroatoms. The molecule has 0 radical (unpaired) electrons. The standard InChI is InChI=1S/C11H24N3.3ClH.Ti/c1-9-7-13(4)11(3)8-14(5)10(2)6-12-9;;;;/h9-11H,6-8H2,1-5H3;3*1H;/q-1;;;;+4/p-3. The van der Waals surface area contributed by atoms with E-state index in [0.29, 0.717) is 18.1 Å². The number of hydrogen-bond acceptors (Lipinski definition) is 3. The van der Waals surface area contributed by atoms with Crippen LogP contribution in [0, 0.1) is 0 Å². The van der Waals surface area contributed by atoms with Crippen molar-refractivity contribution >= 4 is 0 Å². The largest absolute Gasteiger partial charge is 1.00 e.